The molecule has 2 nitrogen and oxygen atoms in total. The molecule has 0 unspecified atom stereocenters. The zero-order valence-electron chi connectivity index (χ0n) is 6.27. The molecule has 1 aromatic rings. The summed E-state index contributed by atoms with van der Waals surface area (Å²) in [6.07, 6.45) is 2.89. The quantitative estimate of drug-likeness (QED) is 0.475. The fourth-order valence-electron chi connectivity index (χ4n) is 0.781. The molecule has 0 saturated heterocycles. The van der Waals surface area contributed by atoms with E-state index in [0.717, 1.165) is 6.42 Å². The van der Waals surface area contributed by atoms with Gasteiger partial charge in [0.25, 0.3) is 0 Å². The molecule has 1 rings (SSSR count). The molecule has 0 aromatic heterocycles. The van der Waals surface area contributed by atoms with Crippen LogP contribution in [0.2, 0.25) is 0 Å². The van der Waals surface area contributed by atoms with Crippen LogP contribution in [0.5, 0.6) is 0 Å². The van der Waals surface area contributed by atoms with Gasteiger partial charge in [-0.1, -0.05) is 36.4 Å². The average molecular weight is 146 g/mol. The van der Waals surface area contributed by atoms with Crippen molar-refractivity contribution in [1.82, 2.24) is 0 Å². The van der Waals surface area contributed by atoms with Crippen LogP contribution in [-0.4, -0.2) is 0 Å². The van der Waals surface area contributed by atoms with Gasteiger partial charge in [0, 0.05) is 10.8 Å². The Morgan fingerprint density at radius 3 is 2.18 bits per heavy atom. The second-order valence-corrected chi connectivity index (χ2v) is 1.98. The van der Waals surface area contributed by atoms with E-state index in [4.69, 9.17) is 10.8 Å². The van der Waals surface area contributed by atoms with Crippen LogP contribution >= 0.6 is 0 Å². The molecule has 11 heavy (non-hydrogen) atoms. The van der Waals surface area contributed by atoms with E-state index in [2.05, 4.69) is 18.7 Å². The second kappa shape index (κ2) is 6.50. The van der Waals surface area contributed by atoms with Crippen LogP contribution in [-0.2, 0) is 6.42 Å². The first kappa shape index (κ1) is 9.38. The van der Waals surface area contributed by atoms with E-state index < -0.39 is 0 Å². The van der Waals surface area contributed by atoms with Crippen LogP contribution in [0.4, 0.5) is 0 Å². The molecule has 0 aliphatic carbocycles. The Kier molecular flexibility index (Phi) is 5.54. The summed E-state index contributed by atoms with van der Waals surface area (Å²) in [5.74, 6) is 0. The predicted octanol–water partition coefficient (Wildman–Crippen LogP) is 2.45. The lowest BCUT2D eigenvalue weighted by molar-refractivity contribution is 1.15. The first-order valence-electron chi connectivity index (χ1n) is 3.28. The van der Waals surface area contributed by atoms with Crippen LogP contribution in [0.3, 0.4) is 0 Å². The lowest BCUT2D eigenvalue weighted by Crippen LogP contribution is -1.75. The highest BCUT2D eigenvalue weighted by molar-refractivity contribution is 5.16. The van der Waals surface area contributed by atoms with Gasteiger partial charge in [0.2, 0.25) is 0 Å². The van der Waals surface area contributed by atoms with Gasteiger partial charge in [-0.05, 0) is 12.0 Å². The van der Waals surface area contributed by atoms with Crippen molar-refractivity contribution in [2.45, 2.75) is 6.42 Å². The Morgan fingerprint density at radius 2 is 1.73 bits per heavy atom. The molecule has 0 heterocycles. The van der Waals surface area contributed by atoms with Crippen molar-refractivity contribution in [3.05, 3.63) is 48.6 Å². The molecule has 56 valence electrons. The number of hydrogen-bond donors (Lipinski definition) is 0. The van der Waals surface area contributed by atoms with Gasteiger partial charge in [-0.2, -0.15) is 0 Å². The van der Waals surface area contributed by atoms with Gasteiger partial charge in [-0.15, -0.1) is 6.58 Å². The molecular formula is C9H10N2. The summed E-state index contributed by atoms with van der Waals surface area (Å²) in [5.41, 5.74) is 1.33. The summed E-state index contributed by atoms with van der Waals surface area (Å²) >= 11 is 0. The smallest absolute Gasteiger partial charge is 0 e. The predicted molar refractivity (Wildman–Crippen MR) is 43.8 cm³/mol. The third kappa shape index (κ3) is 3.88. The molecule has 0 fully saturated rings. The van der Waals surface area contributed by atoms with Gasteiger partial charge in [0.15, 0.2) is 0 Å². The van der Waals surface area contributed by atoms with Crippen LogP contribution in [0.1, 0.15) is 5.56 Å². The minimum absolute atomic E-state index is 0.973. The number of benzene rings is 1. The van der Waals surface area contributed by atoms with Gasteiger partial charge < -0.3 is 0 Å². The van der Waals surface area contributed by atoms with E-state index in [1.165, 1.54) is 5.56 Å². The molecule has 0 saturated carbocycles. The number of rotatable bonds is 2. The van der Waals surface area contributed by atoms with Gasteiger partial charge >= 0.3 is 0 Å². The zero-order chi connectivity index (χ0) is 8.53. The van der Waals surface area contributed by atoms with Crippen LogP contribution in [0.15, 0.2) is 43.0 Å². The third-order valence-corrected chi connectivity index (χ3v) is 1.22. The monoisotopic (exact) mass is 146 g/mol. The Bertz CT molecular complexity index is 214. The van der Waals surface area contributed by atoms with Crippen molar-refractivity contribution in [1.29, 1.82) is 10.8 Å². The SMILES string of the molecule is C=CCc1ccccc1.N#N. The maximum atomic E-state index is 6.00. The van der Waals surface area contributed by atoms with Crippen molar-refractivity contribution >= 4 is 0 Å². The lowest BCUT2D eigenvalue weighted by atomic mass is 10.2. The first-order valence-corrected chi connectivity index (χ1v) is 3.28. The van der Waals surface area contributed by atoms with E-state index in [9.17, 15) is 0 Å². The minimum Gasteiger partial charge on any atom is -0.103 e. The molecule has 0 spiro atoms. The molecule has 0 atom stereocenters. The van der Waals surface area contributed by atoms with Crippen molar-refractivity contribution in [3.8, 4) is 0 Å². The van der Waals surface area contributed by atoms with Crippen molar-refractivity contribution in [3.63, 3.8) is 0 Å². The highest BCUT2D eigenvalue weighted by atomic mass is 14.6. The van der Waals surface area contributed by atoms with Crippen molar-refractivity contribution in [2.24, 2.45) is 0 Å². The number of allylic oxidation sites excluding steroid dienone is 1. The fourth-order valence-corrected chi connectivity index (χ4v) is 0.781. The van der Waals surface area contributed by atoms with E-state index in [-0.39, 0.29) is 0 Å². The highest BCUT2D eigenvalue weighted by Crippen LogP contribution is 1.98. The number of nitrogens with zero attached hydrogens (tertiary/aromatic N) is 2. The Balaban J connectivity index is 0.000000461. The Morgan fingerprint density at radius 1 is 1.18 bits per heavy atom. The molecule has 0 bridgehead atoms. The maximum Gasteiger partial charge on any atom is 0 e. The first-order chi connectivity index (χ1) is 5.43. The van der Waals surface area contributed by atoms with Crippen LogP contribution in [0.25, 0.3) is 0 Å². The van der Waals surface area contributed by atoms with E-state index in [1.807, 2.05) is 24.3 Å². The fraction of sp³-hybridized carbons (Fsp3) is 0.111. The molecule has 0 N–H and O–H groups in total. The number of hydrogen-bond acceptors (Lipinski definition) is 2. The van der Waals surface area contributed by atoms with Crippen LogP contribution in [0, 0.1) is 10.8 Å². The summed E-state index contributed by atoms with van der Waals surface area (Å²) in [5, 5.41) is 12.0. The molecule has 1 aromatic carbocycles. The van der Waals surface area contributed by atoms with Gasteiger partial charge in [-0.25, -0.2) is 0 Å². The molecule has 0 aliphatic heterocycles. The third-order valence-electron chi connectivity index (χ3n) is 1.22. The van der Waals surface area contributed by atoms with Gasteiger partial charge in [0.1, 0.15) is 0 Å². The summed E-state index contributed by atoms with van der Waals surface area (Å²) in [4.78, 5) is 0. The summed E-state index contributed by atoms with van der Waals surface area (Å²) in [6, 6.07) is 10.3. The average Bonchev–Trinajstić information content (AvgIpc) is 2.11. The summed E-state index contributed by atoms with van der Waals surface area (Å²) in [6.45, 7) is 3.66. The van der Waals surface area contributed by atoms with Crippen molar-refractivity contribution < 1.29 is 0 Å². The topological polar surface area (TPSA) is 47.6 Å². The van der Waals surface area contributed by atoms with Gasteiger partial charge in [0.05, 0.1) is 0 Å². The van der Waals surface area contributed by atoms with Crippen LogP contribution < -0.4 is 0 Å². The van der Waals surface area contributed by atoms with E-state index in [0.29, 0.717) is 0 Å². The highest BCUT2D eigenvalue weighted by Gasteiger charge is 1.82. The molecule has 0 radical (unpaired) electrons. The summed E-state index contributed by atoms with van der Waals surface area (Å²) in [7, 11) is 0. The zero-order valence-corrected chi connectivity index (χ0v) is 6.27. The second-order valence-electron chi connectivity index (χ2n) is 1.98. The lowest BCUT2D eigenvalue weighted by Gasteiger charge is -1.91. The maximum absolute atomic E-state index is 6.00. The molecular weight excluding hydrogens is 136 g/mol. The normalized spacial score (nSPS) is 7.45. The summed E-state index contributed by atoms with van der Waals surface area (Å²) < 4.78 is 0. The van der Waals surface area contributed by atoms with E-state index >= 15 is 0 Å². The van der Waals surface area contributed by atoms with Gasteiger partial charge in [-0.3, -0.25) is 0 Å². The standard InChI is InChI=1S/C9H10.N2/c1-2-6-9-7-4-3-5-8-9;1-2/h2-5,7-8H,1,6H2;. The molecule has 2 heteroatoms. The largest absolute Gasteiger partial charge is 0.103 e. The Labute approximate surface area is 66.6 Å². The van der Waals surface area contributed by atoms with Crippen molar-refractivity contribution in [2.75, 3.05) is 0 Å². The Hall–Kier alpha value is -1.62. The molecule has 0 aliphatic rings. The van der Waals surface area contributed by atoms with E-state index in [1.54, 1.807) is 0 Å². The molecule has 0 amide bonds. The minimum atomic E-state index is 0.973.